The fourth-order valence-electron chi connectivity index (χ4n) is 1.99. The van der Waals surface area contributed by atoms with E-state index in [1.807, 2.05) is 10.6 Å². The lowest BCUT2D eigenvalue weighted by Gasteiger charge is -2.03. The van der Waals surface area contributed by atoms with Crippen molar-refractivity contribution < 1.29 is 9.53 Å². The predicted molar refractivity (Wildman–Crippen MR) is 64.4 cm³/mol. The minimum absolute atomic E-state index is 0.357. The van der Waals surface area contributed by atoms with Crippen molar-refractivity contribution in [2.45, 2.75) is 18.9 Å². The Bertz CT molecular complexity index is 602. The van der Waals surface area contributed by atoms with E-state index in [2.05, 4.69) is 9.72 Å². The average Bonchev–Trinajstić information content (AvgIpc) is 3.10. The van der Waals surface area contributed by atoms with Crippen LogP contribution in [0.3, 0.4) is 0 Å². The number of methoxy groups -OCH3 is 1. The maximum atomic E-state index is 11.4. The summed E-state index contributed by atoms with van der Waals surface area (Å²) in [4.78, 5) is 15.7. The zero-order chi connectivity index (χ0) is 12.0. The van der Waals surface area contributed by atoms with E-state index in [1.165, 1.54) is 7.11 Å². The highest BCUT2D eigenvalue weighted by atomic mass is 35.5. The number of rotatable bonds is 2. The van der Waals surface area contributed by atoms with Crippen LogP contribution in [0, 0.1) is 0 Å². The van der Waals surface area contributed by atoms with Crippen LogP contribution in [0.15, 0.2) is 18.2 Å². The normalized spacial score (nSPS) is 15.2. The summed E-state index contributed by atoms with van der Waals surface area (Å²) in [6.45, 7) is 0. The Morgan fingerprint density at radius 3 is 2.94 bits per heavy atom. The number of nitrogens with zero attached hydrogens (tertiary/aromatic N) is 2. The number of benzene rings is 1. The number of halogens is 1. The molecule has 2 aromatic rings. The first kappa shape index (κ1) is 10.6. The Morgan fingerprint density at radius 1 is 1.53 bits per heavy atom. The zero-order valence-corrected chi connectivity index (χ0v) is 10.1. The summed E-state index contributed by atoms with van der Waals surface area (Å²) in [7, 11) is 1.36. The maximum Gasteiger partial charge on any atom is 0.337 e. The van der Waals surface area contributed by atoms with Crippen LogP contribution < -0.4 is 0 Å². The minimum atomic E-state index is -0.357. The van der Waals surface area contributed by atoms with Crippen molar-refractivity contribution >= 4 is 28.6 Å². The van der Waals surface area contributed by atoms with Gasteiger partial charge in [0.05, 0.1) is 23.7 Å². The van der Waals surface area contributed by atoms with E-state index in [-0.39, 0.29) is 5.97 Å². The van der Waals surface area contributed by atoms with Crippen LogP contribution in [-0.2, 0) is 4.74 Å². The highest BCUT2D eigenvalue weighted by molar-refractivity contribution is 6.29. The number of fused-ring (bicyclic) bond motifs is 1. The van der Waals surface area contributed by atoms with Crippen molar-refractivity contribution in [3.05, 3.63) is 29.0 Å². The van der Waals surface area contributed by atoms with Crippen molar-refractivity contribution in [1.82, 2.24) is 9.55 Å². The average molecular weight is 251 g/mol. The van der Waals surface area contributed by atoms with E-state index in [0.29, 0.717) is 16.9 Å². The number of carbonyl (C=O) groups is 1. The molecule has 17 heavy (non-hydrogen) atoms. The summed E-state index contributed by atoms with van der Waals surface area (Å²) in [6, 6.07) is 5.80. The third-order valence-corrected chi connectivity index (χ3v) is 3.25. The molecule has 0 N–H and O–H groups in total. The molecule has 5 heteroatoms. The van der Waals surface area contributed by atoms with Crippen molar-refractivity contribution in [2.24, 2.45) is 0 Å². The highest BCUT2D eigenvalue weighted by Crippen LogP contribution is 2.40. The van der Waals surface area contributed by atoms with Crippen LogP contribution in [0.4, 0.5) is 0 Å². The predicted octanol–water partition coefficient (Wildman–Crippen LogP) is 2.81. The molecular formula is C12H11ClN2O2. The van der Waals surface area contributed by atoms with Gasteiger partial charge in [-0.05, 0) is 42.6 Å². The molecular weight excluding hydrogens is 240 g/mol. The van der Waals surface area contributed by atoms with E-state index in [4.69, 9.17) is 11.6 Å². The molecule has 1 aliphatic rings. The van der Waals surface area contributed by atoms with Gasteiger partial charge in [0.2, 0.25) is 5.28 Å². The Morgan fingerprint density at radius 2 is 2.29 bits per heavy atom. The summed E-state index contributed by atoms with van der Waals surface area (Å²) >= 11 is 6.10. The number of aromatic nitrogens is 2. The maximum absolute atomic E-state index is 11.4. The number of imidazole rings is 1. The summed E-state index contributed by atoms with van der Waals surface area (Å²) in [6.07, 6.45) is 2.29. The Balaban J connectivity index is 2.15. The first-order chi connectivity index (χ1) is 8.20. The molecule has 1 fully saturated rings. The van der Waals surface area contributed by atoms with Gasteiger partial charge >= 0.3 is 5.97 Å². The molecule has 0 spiro atoms. The Hall–Kier alpha value is -1.55. The van der Waals surface area contributed by atoms with Gasteiger partial charge in [-0.1, -0.05) is 0 Å². The van der Waals surface area contributed by atoms with Crippen LogP contribution in [0.5, 0.6) is 0 Å². The molecule has 0 saturated heterocycles. The van der Waals surface area contributed by atoms with E-state index in [0.717, 1.165) is 23.9 Å². The number of esters is 1. The summed E-state index contributed by atoms with van der Waals surface area (Å²) < 4.78 is 6.70. The molecule has 4 nitrogen and oxygen atoms in total. The Labute approximate surface area is 103 Å². The Kier molecular flexibility index (Phi) is 2.33. The molecule has 0 radical (unpaired) electrons. The number of hydrogen-bond acceptors (Lipinski definition) is 3. The fraction of sp³-hybridized carbons (Fsp3) is 0.333. The molecule has 1 aromatic carbocycles. The third-order valence-electron chi connectivity index (χ3n) is 2.98. The van der Waals surface area contributed by atoms with Crippen LogP contribution in [0.25, 0.3) is 11.0 Å². The lowest BCUT2D eigenvalue weighted by atomic mass is 10.2. The number of ether oxygens (including phenoxy) is 1. The minimum Gasteiger partial charge on any atom is -0.465 e. The standard InChI is InChI=1S/C12H11ClN2O2/c1-17-11(16)7-2-5-10-9(6-7)14-12(13)15(10)8-3-4-8/h2,5-6,8H,3-4H2,1H3. The second-order valence-electron chi connectivity index (χ2n) is 4.18. The van der Waals surface area contributed by atoms with Gasteiger partial charge < -0.3 is 9.30 Å². The topological polar surface area (TPSA) is 44.1 Å². The van der Waals surface area contributed by atoms with Crippen molar-refractivity contribution in [1.29, 1.82) is 0 Å². The quantitative estimate of drug-likeness (QED) is 0.770. The summed E-state index contributed by atoms with van der Waals surface area (Å²) in [5.74, 6) is -0.357. The molecule has 3 rings (SSSR count). The molecule has 1 aromatic heterocycles. The van der Waals surface area contributed by atoms with E-state index >= 15 is 0 Å². The van der Waals surface area contributed by atoms with Gasteiger partial charge in [0.15, 0.2) is 0 Å². The molecule has 0 atom stereocenters. The zero-order valence-electron chi connectivity index (χ0n) is 9.31. The van der Waals surface area contributed by atoms with Gasteiger partial charge in [0, 0.05) is 6.04 Å². The van der Waals surface area contributed by atoms with Crippen LogP contribution in [0.1, 0.15) is 29.2 Å². The van der Waals surface area contributed by atoms with E-state index in [1.54, 1.807) is 12.1 Å². The highest BCUT2D eigenvalue weighted by Gasteiger charge is 2.27. The smallest absolute Gasteiger partial charge is 0.337 e. The van der Waals surface area contributed by atoms with Gasteiger partial charge in [0.1, 0.15) is 0 Å². The molecule has 0 bridgehead atoms. The lowest BCUT2D eigenvalue weighted by Crippen LogP contribution is -2.00. The molecule has 0 amide bonds. The van der Waals surface area contributed by atoms with Crippen molar-refractivity contribution in [3.8, 4) is 0 Å². The van der Waals surface area contributed by atoms with Gasteiger partial charge in [-0.3, -0.25) is 0 Å². The summed E-state index contributed by atoms with van der Waals surface area (Å²) in [5, 5.41) is 0.490. The first-order valence-corrected chi connectivity index (χ1v) is 5.84. The molecule has 0 aliphatic heterocycles. The molecule has 0 unspecified atom stereocenters. The van der Waals surface area contributed by atoms with Gasteiger partial charge in [-0.2, -0.15) is 0 Å². The summed E-state index contributed by atoms with van der Waals surface area (Å²) in [5.41, 5.74) is 2.21. The number of carbonyl (C=O) groups excluding carboxylic acids is 1. The third kappa shape index (κ3) is 1.69. The molecule has 88 valence electrons. The van der Waals surface area contributed by atoms with E-state index < -0.39 is 0 Å². The lowest BCUT2D eigenvalue weighted by molar-refractivity contribution is 0.0601. The monoisotopic (exact) mass is 250 g/mol. The largest absolute Gasteiger partial charge is 0.465 e. The SMILES string of the molecule is COC(=O)c1ccc2c(c1)nc(Cl)n2C1CC1. The van der Waals surface area contributed by atoms with Crippen molar-refractivity contribution in [3.63, 3.8) is 0 Å². The second kappa shape index (κ2) is 3.74. The van der Waals surface area contributed by atoms with E-state index in [9.17, 15) is 4.79 Å². The van der Waals surface area contributed by atoms with Crippen LogP contribution >= 0.6 is 11.6 Å². The first-order valence-electron chi connectivity index (χ1n) is 5.46. The molecule has 1 saturated carbocycles. The second-order valence-corrected chi connectivity index (χ2v) is 4.52. The van der Waals surface area contributed by atoms with Crippen LogP contribution in [0.2, 0.25) is 5.28 Å². The van der Waals surface area contributed by atoms with Gasteiger partial charge in [-0.25, -0.2) is 9.78 Å². The van der Waals surface area contributed by atoms with Crippen molar-refractivity contribution in [2.75, 3.05) is 7.11 Å². The van der Waals surface area contributed by atoms with Gasteiger partial charge in [0.25, 0.3) is 0 Å². The van der Waals surface area contributed by atoms with Gasteiger partial charge in [-0.15, -0.1) is 0 Å². The number of hydrogen-bond donors (Lipinski definition) is 0. The molecule has 1 heterocycles. The molecule has 1 aliphatic carbocycles. The van der Waals surface area contributed by atoms with Crippen LogP contribution in [-0.4, -0.2) is 22.6 Å². The fourth-order valence-corrected chi connectivity index (χ4v) is 2.31.